The number of rotatable bonds is 7. The van der Waals surface area contributed by atoms with Crippen molar-refractivity contribution in [1.82, 2.24) is 9.80 Å². The maximum atomic E-state index is 13.9. The molecule has 0 aliphatic carbocycles. The number of carbonyl (C=O) groups excluding carboxylic acids is 2. The van der Waals surface area contributed by atoms with Crippen LogP contribution in [-0.2, 0) is 11.3 Å². The van der Waals surface area contributed by atoms with Gasteiger partial charge in [0.05, 0.1) is 25.9 Å². The molecule has 0 aromatic heterocycles. The van der Waals surface area contributed by atoms with E-state index in [0.717, 1.165) is 33.8 Å². The maximum Gasteiger partial charge on any atom is 0.322 e. The average Bonchev–Trinajstić information content (AvgIpc) is 3.01. The van der Waals surface area contributed by atoms with Crippen LogP contribution in [0.15, 0.2) is 115 Å². The zero-order valence-electron chi connectivity index (χ0n) is 23.2. The number of carbonyl (C=O) groups is 2. The third kappa shape index (κ3) is 6.58. The van der Waals surface area contributed by atoms with E-state index in [1.165, 1.54) is 4.90 Å². The first-order chi connectivity index (χ1) is 20.1. The van der Waals surface area contributed by atoms with Gasteiger partial charge in [0.1, 0.15) is 18.0 Å². The summed E-state index contributed by atoms with van der Waals surface area (Å²) in [5.41, 5.74) is 4.48. The molecule has 1 aliphatic heterocycles. The highest BCUT2D eigenvalue weighted by molar-refractivity contribution is 5.96. The number of nitrogens with one attached hydrogen (secondary N) is 1. The summed E-state index contributed by atoms with van der Waals surface area (Å²) < 4.78 is 10.7. The van der Waals surface area contributed by atoms with Gasteiger partial charge in [0.2, 0.25) is 5.91 Å². The van der Waals surface area contributed by atoms with Crippen molar-refractivity contribution in [3.05, 3.63) is 126 Å². The number of urea groups is 1. The third-order valence-electron chi connectivity index (χ3n) is 7.11. The van der Waals surface area contributed by atoms with E-state index < -0.39 is 0 Å². The van der Waals surface area contributed by atoms with Crippen molar-refractivity contribution in [3.63, 3.8) is 0 Å². The van der Waals surface area contributed by atoms with Crippen LogP contribution < -0.4 is 14.8 Å². The van der Waals surface area contributed by atoms with Gasteiger partial charge in [-0.1, -0.05) is 84.9 Å². The zero-order valence-corrected chi connectivity index (χ0v) is 23.2. The lowest BCUT2D eigenvalue weighted by Gasteiger charge is -2.34. The fourth-order valence-electron chi connectivity index (χ4n) is 4.95. The number of hydrogen-bond donors (Lipinski definition) is 1. The first-order valence-corrected chi connectivity index (χ1v) is 13.5. The fraction of sp³-hybridized carbons (Fsp3) is 0.176. The van der Waals surface area contributed by atoms with Gasteiger partial charge in [0.25, 0.3) is 0 Å². The van der Waals surface area contributed by atoms with Crippen molar-refractivity contribution in [1.29, 1.82) is 0 Å². The van der Waals surface area contributed by atoms with E-state index in [9.17, 15) is 9.59 Å². The lowest BCUT2D eigenvalue weighted by molar-refractivity contribution is -0.134. The van der Waals surface area contributed by atoms with E-state index in [1.807, 2.05) is 115 Å². The molecule has 0 radical (unpaired) electrons. The van der Waals surface area contributed by atoms with Gasteiger partial charge in [0.15, 0.2) is 0 Å². The Balaban J connectivity index is 1.42. The number of hydrogen-bond acceptors (Lipinski definition) is 4. The van der Waals surface area contributed by atoms with E-state index in [-0.39, 0.29) is 24.5 Å². The van der Waals surface area contributed by atoms with E-state index in [4.69, 9.17) is 9.47 Å². The summed E-state index contributed by atoms with van der Waals surface area (Å²) in [6.07, 6.45) is 3.93. The molecule has 41 heavy (non-hydrogen) atoms. The summed E-state index contributed by atoms with van der Waals surface area (Å²) in [5, 5.41) is 3.03. The second-order valence-electron chi connectivity index (χ2n) is 9.74. The van der Waals surface area contributed by atoms with Gasteiger partial charge in [-0.2, -0.15) is 0 Å². The molecular formula is C34H33N3O4. The van der Waals surface area contributed by atoms with Gasteiger partial charge >= 0.3 is 6.03 Å². The van der Waals surface area contributed by atoms with Crippen LogP contribution in [0.25, 0.3) is 11.1 Å². The smallest absolute Gasteiger partial charge is 0.322 e. The predicted molar refractivity (Wildman–Crippen MR) is 161 cm³/mol. The molecule has 4 aromatic carbocycles. The maximum absolute atomic E-state index is 13.9. The average molecular weight is 548 g/mol. The number of amides is 3. The molecule has 7 heteroatoms. The van der Waals surface area contributed by atoms with Crippen LogP contribution in [-0.4, -0.2) is 49.0 Å². The normalized spacial score (nSPS) is 16.0. The predicted octanol–water partition coefficient (Wildman–Crippen LogP) is 6.54. The molecule has 1 atom stereocenters. The summed E-state index contributed by atoms with van der Waals surface area (Å²) in [5.74, 6) is 1.30. The van der Waals surface area contributed by atoms with Gasteiger partial charge < -0.3 is 24.6 Å². The number of ether oxygens (including phenoxy) is 2. The summed E-state index contributed by atoms with van der Waals surface area (Å²) in [6, 6.07) is 32.3. The van der Waals surface area contributed by atoms with Crippen LogP contribution in [0.5, 0.6) is 11.5 Å². The summed E-state index contributed by atoms with van der Waals surface area (Å²) in [4.78, 5) is 30.7. The Morgan fingerprint density at radius 3 is 2.34 bits per heavy atom. The van der Waals surface area contributed by atoms with Crippen LogP contribution in [0.1, 0.15) is 17.2 Å². The van der Waals surface area contributed by atoms with Gasteiger partial charge in [-0.05, 0) is 47.0 Å². The molecule has 0 saturated carbocycles. The fourth-order valence-corrected chi connectivity index (χ4v) is 4.95. The minimum atomic E-state index is -0.337. The van der Waals surface area contributed by atoms with Gasteiger partial charge in [0, 0.05) is 18.7 Å². The Labute approximate surface area is 240 Å². The second-order valence-corrected chi connectivity index (χ2v) is 9.74. The van der Waals surface area contributed by atoms with Crippen LogP contribution in [0, 0.1) is 0 Å². The second kappa shape index (κ2) is 12.9. The van der Waals surface area contributed by atoms with Crippen molar-refractivity contribution in [2.75, 3.05) is 32.6 Å². The minimum Gasteiger partial charge on any atom is -0.497 e. The number of methoxy groups -OCH3 is 2. The van der Waals surface area contributed by atoms with Crippen molar-refractivity contribution >= 4 is 17.6 Å². The van der Waals surface area contributed by atoms with Crippen LogP contribution in [0.2, 0.25) is 0 Å². The third-order valence-corrected chi connectivity index (χ3v) is 7.11. The molecule has 208 valence electrons. The van der Waals surface area contributed by atoms with E-state index in [2.05, 4.69) is 5.32 Å². The molecule has 3 amide bonds. The summed E-state index contributed by atoms with van der Waals surface area (Å²) in [6.45, 7) is 0.578. The highest BCUT2D eigenvalue weighted by atomic mass is 16.5. The molecule has 1 unspecified atom stereocenters. The monoisotopic (exact) mass is 547 g/mol. The Morgan fingerprint density at radius 1 is 0.854 bits per heavy atom. The van der Waals surface area contributed by atoms with Crippen LogP contribution in [0.4, 0.5) is 10.5 Å². The molecule has 0 spiro atoms. The Hall–Kier alpha value is -5.04. The standard InChI is InChI=1S/C34H33N3O4/c1-40-28-19-17-27(18-20-28)32-16-9-21-36(24-33(38)37(32)23-25-10-8-13-29(22-25)41-2)34(39)35-31-15-7-6-14-30(31)26-11-4-3-5-12-26/h3-20,22,32H,21,23-24H2,1-2H3,(H,35,39)/b16-9-. The number of anilines is 1. The Morgan fingerprint density at radius 2 is 1.59 bits per heavy atom. The van der Waals surface area contributed by atoms with E-state index in [0.29, 0.717) is 18.8 Å². The Kier molecular flexibility index (Phi) is 8.64. The number of para-hydroxylation sites is 1. The SMILES string of the molecule is COc1ccc(C2/C=C\CN(C(=O)Nc3ccccc3-c3ccccc3)CC(=O)N2Cc2cccc(OC)c2)cc1. The molecule has 1 N–H and O–H groups in total. The summed E-state index contributed by atoms with van der Waals surface area (Å²) in [7, 11) is 3.25. The first kappa shape index (κ1) is 27.5. The molecule has 0 saturated heterocycles. The molecule has 1 heterocycles. The molecule has 4 aromatic rings. The minimum absolute atomic E-state index is 0.0691. The van der Waals surface area contributed by atoms with Crippen molar-refractivity contribution in [2.45, 2.75) is 12.6 Å². The zero-order chi connectivity index (χ0) is 28.6. The highest BCUT2D eigenvalue weighted by Gasteiger charge is 2.29. The highest BCUT2D eigenvalue weighted by Crippen LogP contribution is 2.30. The quantitative estimate of drug-likeness (QED) is 0.267. The van der Waals surface area contributed by atoms with Crippen LogP contribution in [0.3, 0.4) is 0 Å². The topological polar surface area (TPSA) is 71.1 Å². The lowest BCUT2D eigenvalue weighted by Crippen LogP contribution is -2.46. The Bertz CT molecular complexity index is 1520. The van der Waals surface area contributed by atoms with Crippen molar-refractivity contribution < 1.29 is 19.1 Å². The van der Waals surface area contributed by atoms with E-state index >= 15 is 0 Å². The number of benzene rings is 4. The first-order valence-electron chi connectivity index (χ1n) is 13.5. The van der Waals surface area contributed by atoms with E-state index in [1.54, 1.807) is 19.1 Å². The molecular weight excluding hydrogens is 514 g/mol. The molecule has 0 bridgehead atoms. The largest absolute Gasteiger partial charge is 0.497 e. The summed E-state index contributed by atoms with van der Waals surface area (Å²) >= 11 is 0. The molecule has 1 aliphatic rings. The van der Waals surface area contributed by atoms with Gasteiger partial charge in [-0.25, -0.2) is 4.79 Å². The van der Waals surface area contributed by atoms with Crippen molar-refractivity contribution in [2.24, 2.45) is 0 Å². The molecule has 5 rings (SSSR count). The van der Waals surface area contributed by atoms with Gasteiger partial charge in [-0.15, -0.1) is 0 Å². The molecule has 0 fully saturated rings. The van der Waals surface area contributed by atoms with Crippen molar-refractivity contribution in [3.8, 4) is 22.6 Å². The lowest BCUT2D eigenvalue weighted by atomic mass is 10.0. The number of nitrogens with zero attached hydrogens (tertiary/aromatic N) is 2. The molecule has 7 nitrogen and oxygen atoms in total. The van der Waals surface area contributed by atoms with Crippen LogP contribution >= 0.6 is 0 Å². The van der Waals surface area contributed by atoms with Gasteiger partial charge in [-0.3, -0.25) is 4.79 Å².